The van der Waals surface area contributed by atoms with Crippen LogP contribution in [-0.2, 0) is 38.1 Å². The van der Waals surface area contributed by atoms with E-state index in [4.69, 9.17) is 18.9 Å². The van der Waals surface area contributed by atoms with E-state index in [2.05, 4.69) is 46.6 Å². The van der Waals surface area contributed by atoms with Crippen molar-refractivity contribution in [2.24, 2.45) is 0 Å². The van der Waals surface area contributed by atoms with Crippen molar-refractivity contribution in [1.29, 1.82) is 0 Å². The molecule has 8 N–H and O–H groups in total. The van der Waals surface area contributed by atoms with Crippen molar-refractivity contribution in [3.05, 3.63) is 0 Å². The first-order chi connectivity index (χ1) is 30.0. The summed E-state index contributed by atoms with van der Waals surface area (Å²) < 4.78 is 22.0. The standard InChI is InChI=1S/C46H79N3O13/c1-3-4-5-6-7-8-9-10-11-12-13-14-15-16-17-18-19-20-21-22-23-24-25-40(54)47-26-28-59-30-32-61-33-31-60-29-27-48-41(55)35-46(45(57)58)34-38(52)42(49-37(2)51)44(62-46)43(56)39(53)36-50/h38-39,42-44,50,52-53,56H,3-13,18-36H2,1-2H3,(H,47,54)(H,48,55)(H,49,51)(H,57,58)/t38-,39+,42+,43+,44+,46-/m0/s1. The summed E-state index contributed by atoms with van der Waals surface area (Å²) in [5, 5.41) is 58.1. The summed E-state index contributed by atoms with van der Waals surface area (Å²) in [7, 11) is 0. The molecule has 0 spiro atoms. The summed E-state index contributed by atoms with van der Waals surface area (Å²) in [5.41, 5.74) is -2.29. The minimum Gasteiger partial charge on any atom is -0.479 e. The van der Waals surface area contributed by atoms with Crippen molar-refractivity contribution in [2.75, 3.05) is 59.3 Å². The number of carboxylic acid groups (broad SMARTS) is 1. The van der Waals surface area contributed by atoms with Crippen LogP contribution < -0.4 is 16.0 Å². The van der Waals surface area contributed by atoms with E-state index in [0.29, 0.717) is 32.8 Å². The molecule has 16 heteroatoms. The van der Waals surface area contributed by atoms with E-state index >= 15 is 0 Å². The molecule has 356 valence electrons. The summed E-state index contributed by atoms with van der Waals surface area (Å²) in [6.45, 7) is 4.57. The monoisotopic (exact) mass is 882 g/mol. The minimum atomic E-state index is -2.29. The van der Waals surface area contributed by atoms with Crippen LogP contribution in [0.15, 0.2) is 0 Å². The fraction of sp³-hybridized carbons (Fsp3) is 0.826. The minimum absolute atomic E-state index is 0.0190. The molecule has 0 saturated carbocycles. The smallest absolute Gasteiger partial charge is 0.336 e. The number of carbonyl (C=O) groups excluding carboxylic acids is 3. The van der Waals surface area contributed by atoms with E-state index in [1.54, 1.807) is 0 Å². The summed E-state index contributed by atoms with van der Waals surface area (Å²) in [6.07, 6.45) is 13.9. The van der Waals surface area contributed by atoms with Crippen molar-refractivity contribution < 1.29 is 63.7 Å². The van der Waals surface area contributed by atoms with Crippen LogP contribution >= 0.6 is 0 Å². The molecule has 1 heterocycles. The molecule has 1 aliphatic heterocycles. The molecule has 0 aromatic carbocycles. The Morgan fingerprint density at radius 1 is 0.710 bits per heavy atom. The third-order valence-electron chi connectivity index (χ3n) is 10.5. The number of carboxylic acids is 1. The predicted molar refractivity (Wildman–Crippen MR) is 235 cm³/mol. The molecule has 1 rings (SSSR count). The number of rotatable bonds is 37. The molecule has 6 atom stereocenters. The van der Waals surface area contributed by atoms with Crippen LogP contribution in [0.4, 0.5) is 0 Å². The van der Waals surface area contributed by atoms with Crippen LogP contribution in [0.5, 0.6) is 0 Å². The first-order valence-electron chi connectivity index (χ1n) is 23.0. The number of unbranched alkanes of at least 4 members (excludes halogenated alkanes) is 16. The van der Waals surface area contributed by atoms with Gasteiger partial charge in [0.1, 0.15) is 18.3 Å². The highest BCUT2D eigenvalue weighted by Crippen LogP contribution is 2.35. The van der Waals surface area contributed by atoms with Gasteiger partial charge in [-0.15, -0.1) is 0 Å². The average Bonchev–Trinajstić information content (AvgIpc) is 3.24. The van der Waals surface area contributed by atoms with Crippen LogP contribution in [0.1, 0.15) is 149 Å². The fourth-order valence-corrected chi connectivity index (χ4v) is 7.01. The van der Waals surface area contributed by atoms with Crippen LogP contribution in [0.3, 0.4) is 0 Å². The number of ether oxygens (including phenoxy) is 4. The Bertz CT molecular complexity index is 1350. The molecule has 62 heavy (non-hydrogen) atoms. The molecule has 1 fully saturated rings. The summed E-state index contributed by atoms with van der Waals surface area (Å²) in [6, 6.07) is -1.31. The van der Waals surface area contributed by atoms with Gasteiger partial charge in [-0.3, -0.25) is 14.4 Å². The number of nitrogens with one attached hydrogen (secondary N) is 3. The van der Waals surface area contributed by atoms with E-state index in [-0.39, 0.29) is 32.3 Å². The maximum absolute atomic E-state index is 12.7. The second-order valence-electron chi connectivity index (χ2n) is 16.0. The molecule has 1 saturated heterocycles. The second-order valence-corrected chi connectivity index (χ2v) is 16.0. The van der Waals surface area contributed by atoms with E-state index in [1.807, 2.05) is 0 Å². The highest BCUT2D eigenvalue weighted by atomic mass is 16.6. The van der Waals surface area contributed by atoms with Gasteiger partial charge in [-0.25, -0.2) is 4.79 Å². The van der Waals surface area contributed by atoms with Gasteiger partial charge in [0.05, 0.1) is 64.8 Å². The van der Waals surface area contributed by atoms with Crippen molar-refractivity contribution in [3.8, 4) is 23.7 Å². The maximum Gasteiger partial charge on any atom is 0.336 e. The van der Waals surface area contributed by atoms with E-state index in [1.165, 1.54) is 64.2 Å². The second kappa shape index (κ2) is 37.1. The van der Waals surface area contributed by atoms with Gasteiger partial charge >= 0.3 is 5.97 Å². The average molecular weight is 882 g/mol. The lowest BCUT2D eigenvalue weighted by Gasteiger charge is -2.46. The van der Waals surface area contributed by atoms with Gasteiger partial charge in [0, 0.05) is 45.7 Å². The van der Waals surface area contributed by atoms with Crippen LogP contribution in [0.2, 0.25) is 0 Å². The third-order valence-corrected chi connectivity index (χ3v) is 10.5. The van der Waals surface area contributed by atoms with E-state index < -0.39 is 73.3 Å². The summed E-state index contributed by atoms with van der Waals surface area (Å²) in [4.78, 5) is 48.7. The Morgan fingerprint density at radius 3 is 1.66 bits per heavy atom. The van der Waals surface area contributed by atoms with Gasteiger partial charge in [0.15, 0.2) is 5.60 Å². The molecule has 0 aromatic rings. The normalized spacial score (nSPS) is 19.3. The molecule has 1 aliphatic rings. The zero-order chi connectivity index (χ0) is 45.7. The molecular formula is C46H79N3O13. The van der Waals surface area contributed by atoms with Gasteiger partial charge in [-0.05, 0) is 31.1 Å². The highest BCUT2D eigenvalue weighted by Gasteiger charge is 2.55. The fourth-order valence-electron chi connectivity index (χ4n) is 7.01. The summed E-state index contributed by atoms with van der Waals surface area (Å²) >= 11 is 0. The number of amides is 3. The van der Waals surface area contributed by atoms with Crippen molar-refractivity contribution >= 4 is 23.7 Å². The maximum atomic E-state index is 12.7. The van der Waals surface area contributed by atoms with Gasteiger partial charge in [-0.1, -0.05) is 102 Å². The predicted octanol–water partition coefficient (Wildman–Crippen LogP) is 3.29. The third kappa shape index (κ3) is 27.7. The molecule has 0 aromatic heterocycles. The lowest BCUT2D eigenvalue weighted by Crippen LogP contribution is -2.67. The first kappa shape index (κ1) is 56.7. The Balaban J connectivity index is 2.01. The van der Waals surface area contributed by atoms with Crippen LogP contribution in [-0.4, -0.2) is 145 Å². The largest absolute Gasteiger partial charge is 0.479 e. The van der Waals surface area contributed by atoms with Crippen molar-refractivity contribution in [3.63, 3.8) is 0 Å². The molecule has 0 aliphatic carbocycles. The lowest BCUT2D eigenvalue weighted by atomic mass is 9.81. The topological polar surface area (TPSA) is 242 Å². The van der Waals surface area contributed by atoms with Gasteiger partial charge < -0.3 is 60.4 Å². The van der Waals surface area contributed by atoms with Crippen molar-refractivity contribution in [1.82, 2.24) is 16.0 Å². The molecule has 16 nitrogen and oxygen atoms in total. The van der Waals surface area contributed by atoms with E-state index in [0.717, 1.165) is 58.3 Å². The molecule has 0 radical (unpaired) electrons. The number of hydrogen-bond acceptors (Lipinski definition) is 12. The number of aliphatic hydroxyl groups excluding tert-OH is 4. The zero-order valence-corrected chi connectivity index (χ0v) is 37.6. The Labute approximate surface area is 370 Å². The number of aliphatic carboxylic acids is 1. The quantitative estimate of drug-likeness (QED) is 0.0331. The van der Waals surface area contributed by atoms with Crippen LogP contribution in [0.25, 0.3) is 0 Å². The highest BCUT2D eigenvalue weighted by molar-refractivity contribution is 5.87. The van der Waals surface area contributed by atoms with Crippen LogP contribution in [0, 0.1) is 23.7 Å². The molecule has 0 bridgehead atoms. The Morgan fingerprint density at radius 2 is 1.18 bits per heavy atom. The van der Waals surface area contributed by atoms with Gasteiger partial charge in [0.2, 0.25) is 17.7 Å². The first-order valence-corrected chi connectivity index (χ1v) is 23.0. The number of carbonyl (C=O) groups is 4. The SMILES string of the molecule is CCCCCCCCCCCCC#CC#CCCCCCCCCC(=O)NCCOCCOCCOCCNC(=O)C[C@]1(C(=O)O)C[C@H](O)[C@@H](NC(C)=O)[C@H]([C@H](O)[C@H](O)CO)O1. The van der Waals surface area contributed by atoms with Crippen molar-refractivity contribution in [2.45, 2.75) is 185 Å². The molecule has 0 unspecified atom stereocenters. The molecule has 3 amide bonds. The lowest BCUT2D eigenvalue weighted by molar-refractivity contribution is -0.230. The number of aliphatic hydroxyl groups is 4. The van der Waals surface area contributed by atoms with Gasteiger partial charge in [-0.2, -0.15) is 0 Å². The molecular weight excluding hydrogens is 803 g/mol. The zero-order valence-electron chi connectivity index (χ0n) is 37.6. The number of hydrogen-bond donors (Lipinski definition) is 8. The summed E-state index contributed by atoms with van der Waals surface area (Å²) in [5.74, 6) is 9.41. The van der Waals surface area contributed by atoms with Gasteiger partial charge in [0.25, 0.3) is 0 Å². The Kier molecular flexibility index (Phi) is 33.9. The van der Waals surface area contributed by atoms with E-state index in [9.17, 15) is 44.7 Å². The Hall–Kier alpha value is -3.32.